The van der Waals surface area contributed by atoms with E-state index in [4.69, 9.17) is 0 Å². The molecule has 0 radical (unpaired) electrons. The van der Waals surface area contributed by atoms with Crippen molar-refractivity contribution in [2.75, 3.05) is 11.9 Å². The summed E-state index contributed by atoms with van der Waals surface area (Å²) >= 11 is 0. The van der Waals surface area contributed by atoms with Gasteiger partial charge in [0.1, 0.15) is 0 Å². The summed E-state index contributed by atoms with van der Waals surface area (Å²) in [5.41, 5.74) is 2.02. The van der Waals surface area contributed by atoms with E-state index in [1.54, 1.807) is 11.9 Å². The van der Waals surface area contributed by atoms with Crippen molar-refractivity contribution in [3.8, 4) is 0 Å². The molecular weight excluding hydrogens is 312 g/mol. The predicted octanol–water partition coefficient (Wildman–Crippen LogP) is 3.06. The Morgan fingerprint density at radius 3 is 2.40 bits per heavy atom. The second-order valence-electron chi connectivity index (χ2n) is 7.02. The van der Waals surface area contributed by atoms with Crippen LogP contribution in [0.25, 0.3) is 0 Å². The Balaban J connectivity index is 2.06. The molecule has 1 aliphatic rings. The van der Waals surface area contributed by atoms with E-state index in [2.05, 4.69) is 5.32 Å². The van der Waals surface area contributed by atoms with Gasteiger partial charge in [-0.3, -0.25) is 9.59 Å². The monoisotopic (exact) mass is 336 g/mol. The second kappa shape index (κ2) is 6.71. The molecule has 1 unspecified atom stereocenters. The lowest BCUT2D eigenvalue weighted by molar-refractivity contribution is -0.129. The van der Waals surface area contributed by atoms with Crippen LogP contribution < -0.4 is 10.2 Å². The normalized spacial score (nSPS) is 19.2. The van der Waals surface area contributed by atoms with Gasteiger partial charge in [-0.05, 0) is 37.5 Å². The van der Waals surface area contributed by atoms with Crippen molar-refractivity contribution in [1.29, 1.82) is 0 Å². The van der Waals surface area contributed by atoms with E-state index in [1.165, 1.54) is 0 Å². The smallest absolute Gasteiger partial charge is 0.238 e. The average Bonchev–Trinajstić information content (AvgIpc) is 2.78. The molecule has 2 aromatic rings. The maximum absolute atomic E-state index is 13.3. The van der Waals surface area contributed by atoms with Crippen LogP contribution in [0.4, 0.5) is 5.69 Å². The Kier molecular flexibility index (Phi) is 4.62. The molecule has 1 aliphatic heterocycles. The Morgan fingerprint density at radius 1 is 1.08 bits per heavy atom. The highest BCUT2D eigenvalue weighted by atomic mass is 16.2. The fraction of sp³-hybridized carbons (Fsp3) is 0.333. The van der Waals surface area contributed by atoms with Crippen LogP contribution in [0.2, 0.25) is 0 Å². The molecule has 0 saturated heterocycles. The SMILES string of the molecule is CC(C)NC(=O)CC1(Cc2ccccc2)C(=O)N(C)c2ccccc21. The van der Waals surface area contributed by atoms with Gasteiger partial charge in [-0.2, -0.15) is 0 Å². The lowest BCUT2D eigenvalue weighted by atomic mass is 9.73. The van der Waals surface area contributed by atoms with Crippen molar-refractivity contribution in [1.82, 2.24) is 5.32 Å². The van der Waals surface area contributed by atoms with Crippen LogP contribution in [-0.4, -0.2) is 24.9 Å². The number of amides is 2. The summed E-state index contributed by atoms with van der Waals surface area (Å²) in [5.74, 6) is -0.110. The van der Waals surface area contributed by atoms with Gasteiger partial charge in [0.25, 0.3) is 0 Å². The molecule has 0 bridgehead atoms. The number of para-hydroxylation sites is 1. The molecule has 0 fully saturated rings. The number of carbonyl (C=O) groups is 2. The Labute approximate surface area is 148 Å². The van der Waals surface area contributed by atoms with Gasteiger partial charge in [-0.15, -0.1) is 0 Å². The molecule has 1 heterocycles. The van der Waals surface area contributed by atoms with E-state index in [0.29, 0.717) is 6.42 Å². The molecule has 4 nitrogen and oxygen atoms in total. The Morgan fingerprint density at radius 2 is 1.72 bits per heavy atom. The summed E-state index contributed by atoms with van der Waals surface area (Å²) in [5, 5.41) is 2.94. The van der Waals surface area contributed by atoms with Crippen molar-refractivity contribution < 1.29 is 9.59 Å². The van der Waals surface area contributed by atoms with E-state index >= 15 is 0 Å². The third-order valence-electron chi connectivity index (χ3n) is 4.76. The van der Waals surface area contributed by atoms with Crippen LogP contribution >= 0.6 is 0 Å². The van der Waals surface area contributed by atoms with E-state index in [9.17, 15) is 9.59 Å². The maximum Gasteiger partial charge on any atom is 0.238 e. The Bertz CT molecular complexity index is 785. The molecule has 0 aliphatic carbocycles. The highest BCUT2D eigenvalue weighted by molar-refractivity contribution is 6.09. The molecule has 4 heteroatoms. The zero-order chi connectivity index (χ0) is 18.0. The zero-order valence-corrected chi connectivity index (χ0v) is 15.0. The minimum Gasteiger partial charge on any atom is -0.354 e. The minimum atomic E-state index is -0.855. The van der Waals surface area contributed by atoms with Crippen molar-refractivity contribution in [3.63, 3.8) is 0 Å². The number of fused-ring (bicyclic) bond motifs is 1. The average molecular weight is 336 g/mol. The third-order valence-corrected chi connectivity index (χ3v) is 4.76. The van der Waals surface area contributed by atoms with Crippen LogP contribution in [-0.2, 0) is 21.4 Å². The number of likely N-dealkylation sites (N-methyl/N-ethyl adjacent to an activating group) is 1. The second-order valence-corrected chi connectivity index (χ2v) is 7.02. The number of nitrogens with zero attached hydrogens (tertiary/aromatic N) is 1. The molecule has 130 valence electrons. The summed E-state index contributed by atoms with van der Waals surface area (Å²) in [6, 6.07) is 17.7. The van der Waals surface area contributed by atoms with Gasteiger partial charge in [0, 0.05) is 25.2 Å². The number of benzene rings is 2. The maximum atomic E-state index is 13.3. The first-order chi connectivity index (χ1) is 11.9. The standard InChI is InChI=1S/C21H24N2O2/c1-15(2)22-19(24)14-21(13-16-9-5-4-6-10-16)17-11-7-8-12-18(17)23(3)20(21)25/h4-12,15H,13-14H2,1-3H3,(H,22,24). The molecular formula is C21H24N2O2. The predicted molar refractivity (Wildman–Crippen MR) is 99.6 cm³/mol. The van der Waals surface area contributed by atoms with Gasteiger partial charge < -0.3 is 10.2 Å². The van der Waals surface area contributed by atoms with Gasteiger partial charge in [0.15, 0.2) is 0 Å². The van der Waals surface area contributed by atoms with Crippen LogP contribution in [0.15, 0.2) is 54.6 Å². The topological polar surface area (TPSA) is 49.4 Å². The first-order valence-corrected chi connectivity index (χ1v) is 8.65. The molecule has 1 atom stereocenters. The summed E-state index contributed by atoms with van der Waals surface area (Å²) in [6.45, 7) is 3.86. The largest absolute Gasteiger partial charge is 0.354 e. The fourth-order valence-corrected chi connectivity index (χ4v) is 3.71. The van der Waals surface area contributed by atoms with Crippen molar-refractivity contribution in [2.24, 2.45) is 0 Å². The summed E-state index contributed by atoms with van der Waals surface area (Å²) < 4.78 is 0. The summed E-state index contributed by atoms with van der Waals surface area (Å²) in [7, 11) is 1.79. The number of carbonyl (C=O) groups excluding carboxylic acids is 2. The lowest BCUT2D eigenvalue weighted by Crippen LogP contribution is -2.45. The van der Waals surface area contributed by atoms with Crippen molar-refractivity contribution in [2.45, 2.75) is 38.1 Å². The molecule has 2 amide bonds. The van der Waals surface area contributed by atoms with Crippen molar-refractivity contribution >= 4 is 17.5 Å². The molecule has 1 N–H and O–H groups in total. The summed E-state index contributed by atoms with van der Waals surface area (Å²) in [4.78, 5) is 27.5. The zero-order valence-electron chi connectivity index (χ0n) is 15.0. The molecule has 2 aromatic carbocycles. The van der Waals surface area contributed by atoms with Crippen LogP contribution in [0.3, 0.4) is 0 Å². The number of hydrogen-bond acceptors (Lipinski definition) is 2. The summed E-state index contributed by atoms with van der Waals surface area (Å²) in [6.07, 6.45) is 0.666. The highest BCUT2D eigenvalue weighted by Gasteiger charge is 2.50. The lowest BCUT2D eigenvalue weighted by Gasteiger charge is -2.28. The van der Waals surface area contributed by atoms with Crippen LogP contribution in [0, 0.1) is 0 Å². The van der Waals surface area contributed by atoms with Crippen LogP contribution in [0.5, 0.6) is 0 Å². The molecule has 0 spiro atoms. The molecule has 25 heavy (non-hydrogen) atoms. The first kappa shape index (κ1) is 17.2. The molecule has 0 aromatic heterocycles. The van der Waals surface area contributed by atoms with E-state index in [1.807, 2.05) is 68.4 Å². The number of anilines is 1. The van der Waals surface area contributed by atoms with E-state index in [-0.39, 0.29) is 24.3 Å². The van der Waals surface area contributed by atoms with Gasteiger partial charge in [0.05, 0.1) is 5.41 Å². The third kappa shape index (κ3) is 3.16. The van der Waals surface area contributed by atoms with E-state index < -0.39 is 5.41 Å². The minimum absolute atomic E-state index is 0.0172. The van der Waals surface area contributed by atoms with Gasteiger partial charge in [-0.25, -0.2) is 0 Å². The molecule has 0 saturated carbocycles. The number of hydrogen-bond donors (Lipinski definition) is 1. The quantitative estimate of drug-likeness (QED) is 0.912. The van der Waals surface area contributed by atoms with Gasteiger partial charge >= 0.3 is 0 Å². The van der Waals surface area contributed by atoms with Crippen LogP contribution in [0.1, 0.15) is 31.4 Å². The van der Waals surface area contributed by atoms with Gasteiger partial charge in [-0.1, -0.05) is 48.5 Å². The fourth-order valence-electron chi connectivity index (χ4n) is 3.71. The molecule has 3 rings (SSSR count). The number of nitrogens with one attached hydrogen (secondary N) is 1. The van der Waals surface area contributed by atoms with E-state index in [0.717, 1.165) is 16.8 Å². The van der Waals surface area contributed by atoms with Gasteiger partial charge in [0.2, 0.25) is 11.8 Å². The van der Waals surface area contributed by atoms with Crippen molar-refractivity contribution in [3.05, 3.63) is 65.7 Å². The first-order valence-electron chi connectivity index (χ1n) is 8.65. The highest BCUT2D eigenvalue weighted by Crippen LogP contribution is 2.45. The Hall–Kier alpha value is -2.62. The number of rotatable bonds is 5.